The van der Waals surface area contributed by atoms with Crippen molar-refractivity contribution in [1.29, 1.82) is 0 Å². The standard InChI is InChI=1S/C15H23F3N4.CH2O2/c1-11-12(8-19-14(20-11)15(16,17)18)9-21(2)10-13-6-4-5-7-22(13)3;2-1-3/h8,13H,4-7,9-10H2,1-3H3;1H,(H,2,3). The molecule has 2 heterocycles. The minimum absolute atomic E-state index is 0.250. The third-order valence-corrected chi connectivity index (χ3v) is 4.22. The average Bonchev–Trinajstić information content (AvgIpc) is 2.51. The van der Waals surface area contributed by atoms with E-state index in [4.69, 9.17) is 9.90 Å². The summed E-state index contributed by atoms with van der Waals surface area (Å²) >= 11 is 0. The van der Waals surface area contributed by atoms with E-state index in [1.807, 2.05) is 7.05 Å². The summed E-state index contributed by atoms with van der Waals surface area (Å²) in [5, 5.41) is 6.89. The highest BCUT2D eigenvalue weighted by Gasteiger charge is 2.34. The second-order valence-corrected chi connectivity index (χ2v) is 6.23. The highest BCUT2D eigenvalue weighted by atomic mass is 19.4. The van der Waals surface area contributed by atoms with E-state index in [9.17, 15) is 13.2 Å². The molecule has 1 fully saturated rings. The van der Waals surface area contributed by atoms with Crippen molar-refractivity contribution in [3.63, 3.8) is 0 Å². The summed E-state index contributed by atoms with van der Waals surface area (Å²) in [7, 11) is 4.11. The van der Waals surface area contributed by atoms with Crippen LogP contribution in [0.1, 0.15) is 36.3 Å². The topological polar surface area (TPSA) is 69.6 Å². The van der Waals surface area contributed by atoms with E-state index in [1.165, 1.54) is 25.5 Å². The van der Waals surface area contributed by atoms with Gasteiger partial charge in [0, 0.05) is 36.6 Å². The SMILES string of the molecule is Cc1nc(C(F)(F)F)ncc1CN(C)CC1CCCCN1C.O=CO. The van der Waals surface area contributed by atoms with E-state index in [1.54, 1.807) is 6.92 Å². The predicted octanol–water partition coefficient (Wildman–Crippen LogP) is 2.42. The number of likely N-dealkylation sites (tertiary alicyclic amines) is 1. The van der Waals surface area contributed by atoms with E-state index in [0.717, 1.165) is 18.7 Å². The molecule has 25 heavy (non-hydrogen) atoms. The van der Waals surface area contributed by atoms with Crippen LogP contribution >= 0.6 is 0 Å². The van der Waals surface area contributed by atoms with Gasteiger partial charge in [-0.15, -0.1) is 0 Å². The molecule has 0 radical (unpaired) electrons. The fraction of sp³-hybridized carbons (Fsp3) is 0.688. The number of halogens is 3. The molecule has 0 spiro atoms. The molecule has 9 heteroatoms. The Hall–Kier alpha value is -1.74. The Morgan fingerprint density at radius 1 is 1.44 bits per heavy atom. The highest BCUT2D eigenvalue weighted by Crippen LogP contribution is 2.26. The van der Waals surface area contributed by atoms with Gasteiger partial charge in [-0.05, 0) is 40.4 Å². The number of carbonyl (C=O) groups is 1. The number of carboxylic acid groups (broad SMARTS) is 1. The number of nitrogens with zero attached hydrogens (tertiary/aromatic N) is 4. The van der Waals surface area contributed by atoms with Crippen molar-refractivity contribution in [1.82, 2.24) is 19.8 Å². The Labute approximate surface area is 145 Å². The fourth-order valence-electron chi connectivity index (χ4n) is 2.87. The van der Waals surface area contributed by atoms with Crippen LogP contribution in [0.4, 0.5) is 13.2 Å². The van der Waals surface area contributed by atoms with E-state index in [0.29, 0.717) is 18.3 Å². The van der Waals surface area contributed by atoms with Crippen molar-refractivity contribution in [3.8, 4) is 0 Å². The molecule has 1 unspecified atom stereocenters. The van der Waals surface area contributed by atoms with Crippen molar-refractivity contribution >= 4 is 6.47 Å². The van der Waals surface area contributed by atoms with E-state index in [-0.39, 0.29) is 6.47 Å². The van der Waals surface area contributed by atoms with Crippen molar-refractivity contribution in [2.45, 2.75) is 44.9 Å². The lowest BCUT2D eigenvalue weighted by molar-refractivity contribution is -0.145. The maximum absolute atomic E-state index is 12.6. The van der Waals surface area contributed by atoms with Gasteiger partial charge in [-0.3, -0.25) is 4.79 Å². The van der Waals surface area contributed by atoms with Gasteiger partial charge in [0.1, 0.15) is 0 Å². The lowest BCUT2D eigenvalue weighted by atomic mass is 10.0. The van der Waals surface area contributed by atoms with Crippen LogP contribution < -0.4 is 0 Å². The van der Waals surface area contributed by atoms with E-state index >= 15 is 0 Å². The van der Waals surface area contributed by atoms with Gasteiger partial charge in [-0.2, -0.15) is 13.2 Å². The largest absolute Gasteiger partial charge is 0.483 e. The minimum Gasteiger partial charge on any atom is -0.483 e. The Bertz CT molecular complexity index is 555. The van der Waals surface area contributed by atoms with Crippen LogP contribution in [0, 0.1) is 6.92 Å². The second kappa shape index (κ2) is 9.67. The summed E-state index contributed by atoms with van der Waals surface area (Å²) in [6, 6.07) is 0.509. The summed E-state index contributed by atoms with van der Waals surface area (Å²) < 4.78 is 37.7. The van der Waals surface area contributed by atoms with Crippen LogP contribution in [0.15, 0.2) is 6.20 Å². The first-order valence-corrected chi connectivity index (χ1v) is 8.05. The Balaban J connectivity index is 0.000000970. The maximum atomic E-state index is 12.6. The lowest BCUT2D eigenvalue weighted by Crippen LogP contribution is -2.43. The number of hydrogen-bond acceptors (Lipinski definition) is 5. The first kappa shape index (κ1) is 21.3. The van der Waals surface area contributed by atoms with Gasteiger partial charge in [-0.25, -0.2) is 9.97 Å². The monoisotopic (exact) mass is 362 g/mol. The van der Waals surface area contributed by atoms with E-state index in [2.05, 4.69) is 26.8 Å². The van der Waals surface area contributed by atoms with Crippen molar-refractivity contribution in [3.05, 3.63) is 23.3 Å². The average molecular weight is 362 g/mol. The summed E-state index contributed by atoms with van der Waals surface area (Å²) in [5.74, 6) is -1.07. The van der Waals surface area contributed by atoms with Crippen LogP contribution in [0.2, 0.25) is 0 Å². The maximum Gasteiger partial charge on any atom is 0.451 e. The summed E-state index contributed by atoms with van der Waals surface area (Å²) in [5.41, 5.74) is 1.14. The molecule has 1 saturated heterocycles. The Morgan fingerprint density at radius 2 is 2.08 bits per heavy atom. The molecule has 1 aromatic heterocycles. The number of piperidine rings is 1. The molecule has 1 aliphatic rings. The molecule has 0 aliphatic carbocycles. The highest BCUT2D eigenvalue weighted by molar-refractivity contribution is 5.32. The molecule has 0 aromatic carbocycles. The molecule has 0 amide bonds. The normalized spacial score (nSPS) is 18.6. The van der Waals surface area contributed by atoms with Crippen LogP contribution in [-0.2, 0) is 17.5 Å². The molecule has 1 N–H and O–H groups in total. The van der Waals surface area contributed by atoms with Gasteiger partial charge in [0.25, 0.3) is 6.47 Å². The first-order valence-electron chi connectivity index (χ1n) is 8.05. The molecule has 1 aromatic rings. The van der Waals surface area contributed by atoms with Gasteiger partial charge < -0.3 is 14.9 Å². The molecular weight excluding hydrogens is 337 g/mol. The Morgan fingerprint density at radius 3 is 2.60 bits per heavy atom. The second-order valence-electron chi connectivity index (χ2n) is 6.23. The molecule has 1 atom stereocenters. The number of aromatic nitrogens is 2. The van der Waals surface area contributed by atoms with Crippen LogP contribution in [0.5, 0.6) is 0 Å². The van der Waals surface area contributed by atoms with Crippen LogP contribution in [0.3, 0.4) is 0 Å². The van der Waals surface area contributed by atoms with E-state index < -0.39 is 12.0 Å². The van der Waals surface area contributed by atoms with Gasteiger partial charge >= 0.3 is 6.18 Å². The first-order chi connectivity index (χ1) is 11.7. The zero-order valence-corrected chi connectivity index (χ0v) is 14.8. The molecule has 142 valence electrons. The number of hydrogen-bond donors (Lipinski definition) is 1. The lowest BCUT2D eigenvalue weighted by Gasteiger charge is -2.35. The van der Waals surface area contributed by atoms with Crippen molar-refractivity contribution < 1.29 is 23.1 Å². The number of rotatable bonds is 4. The molecule has 6 nitrogen and oxygen atoms in total. The van der Waals surface area contributed by atoms with Gasteiger partial charge in [0.15, 0.2) is 0 Å². The Kier molecular flexibility index (Phi) is 8.24. The predicted molar refractivity (Wildman–Crippen MR) is 87.1 cm³/mol. The van der Waals surface area contributed by atoms with Crippen molar-refractivity contribution in [2.75, 3.05) is 27.2 Å². The molecular formula is C16H25F3N4O2. The van der Waals surface area contributed by atoms with Crippen molar-refractivity contribution in [2.24, 2.45) is 0 Å². The summed E-state index contributed by atoms with van der Waals surface area (Å²) in [6.07, 6.45) is 0.462. The quantitative estimate of drug-likeness (QED) is 0.830. The van der Waals surface area contributed by atoms with Gasteiger partial charge in [-0.1, -0.05) is 6.42 Å². The molecule has 0 saturated carbocycles. The molecule has 0 bridgehead atoms. The summed E-state index contributed by atoms with van der Waals surface area (Å²) in [6.45, 7) is 3.93. The fourth-order valence-corrected chi connectivity index (χ4v) is 2.87. The number of likely N-dealkylation sites (N-methyl/N-ethyl adjacent to an activating group) is 2. The minimum atomic E-state index is -4.49. The zero-order chi connectivity index (χ0) is 19.0. The van der Waals surface area contributed by atoms with Crippen LogP contribution in [-0.4, -0.2) is 64.6 Å². The smallest absolute Gasteiger partial charge is 0.451 e. The van der Waals surface area contributed by atoms with Gasteiger partial charge in [0.2, 0.25) is 5.82 Å². The third-order valence-electron chi connectivity index (χ3n) is 4.22. The number of alkyl halides is 3. The molecule has 1 aliphatic heterocycles. The van der Waals surface area contributed by atoms with Crippen LogP contribution in [0.25, 0.3) is 0 Å². The third kappa shape index (κ3) is 6.95. The molecule has 2 rings (SSSR count). The summed E-state index contributed by atoms with van der Waals surface area (Å²) in [4.78, 5) is 19.9. The number of aryl methyl sites for hydroxylation is 1. The zero-order valence-electron chi connectivity index (χ0n) is 14.8. The van der Waals surface area contributed by atoms with Gasteiger partial charge in [0.05, 0.1) is 0 Å².